The van der Waals surface area contributed by atoms with Gasteiger partial charge in [-0.25, -0.2) is 0 Å². The predicted molar refractivity (Wildman–Crippen MR) is 82.3 cm³/mol. The van der Waals surface area contributed by atoms with Crippen molar-refractivity contribution in [3.8, 4) is 5.75 Å². The highest BCUT2D eigenvalue weighted by Gasteiger charge is 2.23. The summed E-state index contributed by atoms with van der Waals surface area (Å²) >= 11 is 0. The average molecular weight is 277 g/mol. The van der Waals surface area contributed by atoms with Gasteiger partial charge in [0.2, 0.25) is 0 Å². The molecule has 0 bridgehead atoms. The summed E-state index contributed by atoms with van der Waals surface area (Å²) in [6.45, 7) is 9.98. The Hall–Kier alpha value is -1.06. The Morgan fingerprint density at radius 2 is 1.95 bits per heavy atom. The third-order valence-corrected chi connectivity index (χ3v) is 4.09. The zero-order chi connectivity index (χ0) is 14.5. The number of aryl methyl sites for hydroxylation is 2. The van der Waals surface area contributed by atoms with E-state index < -0.39 is 0 Å². The molecule has 1 aromatic rings. The van der Waals surface area contributed by atoms with Gasteiger partial charge in [0, 0.05) is 13.1 Å². The van der Waals surface area contributed by atoms with Gasteiger partial charge in [-0.05, 0) is 62.4 Å². The standard InChI is InChI=1S/C17H27NO2/c1-13-9-14(2)11-16(10-13)20-8-4-6-18-7-5-15(3)17(19)12-18/h9-11,15,17,19H,4-8,12H2,1-3H3. The van der Waals surface area contributed by atoms with Crippen molar-refractivity contribution < 1.29 is 9.84 Å². The number of nitrogens with zero attached hydrogens (tertiary/aromatic N) is 1. The summed E-state index contributed by atoms with van der Waals surface area (Å²) in [5, 5.41) is 9.87. The number of ether oxygens (including phenoxy) is 1. The molecule has 20 heavy (non-hydrogen) atoms. The van der Waals surface area contributed by atoms with Crippen molar-refractivity contribution in [2.75, 3.05) is 26.2 Å². The summed E-state index contributed by atoms with van der Waals surface area (Å²) in [7, 11) is 0. The molecule has 1 saturated heterocycles. The van der Waals surface area contributed by atoms with Gasteiger partial charge in [0.05, 0.1) is 12.7 Å². The molecule has 2 rings (SSSR count). The number of likely N-dealkylation sites (tertiary alicyclic amines) is 1. The Morgan fingerprint density at radius 1 is 1.25 bits per heavy atom. The van der Waals surface area contributed by atoms with Gasteiger partial charge in [-0.1, -0.05) is 13.0 Å². The topological polar surface area (TPSA) is 32.7 Å². The molecule has 0 aliphatic carbocycles. The van der Waals surface area contributed by atoms with Crippen LogP contribution in [0.5, 0.6) is 5.75 Å². The number of piperidine rings is 1. The number of hydrogen-bond acceptors (Lipinski definition) is 3. The first-order valence-electron chi connectivity index (χ1n) is 7.66. The molecule has 3 heteroatoms. The maximum absolute atomic E-state index is 9.87. The SMILES string of the molecule is Cc1cc(C)cc(OCCCN2CCC(C)C(O)C2)c1. The summed E-state index contributed by atoms with van der Waals surface area (Å²) in [6.07, 6.45) is 1.94. The Bertz CT molecular complexity index is 413. The van der Waals surface area contributed by atoms with Crippen LogP contribution < -0.4 is 4.74 Å². The Balaban J connectivity index is 1.69. The average Bonchev–Trinajstić information content (AvgIpc) is 2.38. The van der Waals surface area contributed by atoms with Crippen LogP contribution in [-0.4, -0.2) is 42.4 Å². The normalized spacial score (nSPS) is 23.8. The summed E-state index contributed by atoms with van der Waals surface area (Å²) in [5.41, 5.74) is 2.49. The zero-order valence-electron chi connectivity index (χ0n) is 12.9. The third-order valence-electron chi connectivity index (χ3n) is 4.09. The molecule has 0 spiro atoms. The van der Waals surface area contributed by atoms with Gasteiger partial charge >= 0.3 is 0 Å². The molecular weight excluding hydrogens is 250 g/mol. The van der Waals surface area contributed by atoms with Crippen LogP contribution in [0.25, 0.3) is 0 Å². The van der Waals surface area contributed by atoms with Gasteiger partial charge in [-0.3, -0.25) is 0 Å². The molecule has 1 aliphatic rings. The summed E-state index contributed by atoms with van der Waals surface area (Å²) in [6, 6.07) is 6.32. The van der Waals surface area contributed by atoms with Gasteiger partial charge < -0.3 is 14.7 Å². The molecule has 3 nitrogen and oxygen atoms in total. The van der Waals surface area contributed by atoms with Crippen molar-refractivity contribution in [1.82, 2.24) is 4.90 Å². The number of benzene rings is 1. The largest absolute Gasteiger partial charge is 0.494 e. The van der Waals surface area contributed by atoms with Crippen LogP contribution in [0.15, 0.2) is 18.2 Å². The Morgan fingerprint density at radius 3 is 2.60 bits per heavy atom. The number of hydrogen-bond donors (Lipinski definition) is 1. The van der Waals surface area contributed by atoms with Crippen molar-refractivity contribution in [3.63, 3.8) is 0 Å². The van der Waals surface area contributed by atoms with E-state index in [9.17, 15) is 5.11 Å². The fourth-order valence-electron chi connectivity index (χ4n) is 2.81. The monoisotopic (exact) mass is 277 g/mol. The van der Waals surface area contributed by atoms with Gasteiger partial charge in [0.15, 0.2) is 0 Å². The first-order chi connectivity index (χ1) is 9.54. The van der Waals surface area contributed by atoms with Crippen molar-refractivity contribution >= 4 is 0 Å². The molecule has 1 fully saturated rings. The highest BCUT2D eigenvalue weighted by atomic mass is 16.5. The van der Waals surface area contributed by atoms with Crippen LogP contribution in [0.2, 0.25) is 0 Å². The Labute approximate surface area is 122 Å². The van der Waals surface area contributed by atoms with Gasteiger partial charge in [-0.2, -0.15) is 0 Å². The molecule has 1 heterocycles. The van der Waals surface area contributed by atoms with E-state index in [1.165, 1.54) is 11.1 Å². The van der Waals surface area contributed by atoms with E-state index in [-0.39, 0.29) is 6.10 Å². The molecule has 0 amide bonds. The van der Waals surface area contributed by atoms with E-state index in [1.807, 2.05) is 0 Å². The van der Waals surface area contributed by atoms with Gasteiger partial charge in [0.1, 0.15) is 5.75 Å². The molecule has 2 unspecified atom stereocenters. The second-order valence-corrected chi connectivity index (χ2v) is 6.16. The minimum Gasteiger partial charge on any atom is -0.494 e. The second kappa shape index (κ2) is 7.09. The summed E-state index contributed by atoms with van der Waals surface area (Å²) in [5.74, 6) is 1.41. The summed E-state index contributed by atoms with van der Waals surface area (Å²) in [4.78, 5) is 2.34. The van der Waals surface area contributed by atoms with Crippen LogP contribution in [0.1, 0.15) is 30.9 Å². The first-order valence-corrected chi connectivity index (χ1v) is 7.66. The smallest absolute Gasteiger partial charge is 0.119 e. The van der Waals surface area contributed by atoms with Gasteiger partial charge in [0.25, 0.3) is 0 Å². The number of aliphatic hydroxyl groups excluding tert-OH is 1. The van der Waals surface area contributed by atoms with Crippen LogP contribution >= 0.6 is 0 Å². The quantitative estimate of drug-likeness (QED) is 0.840. The molecule has 0 saturated carbocycles. The van der Waals surface area contributed by atoms with E-state index in [1.54, 1.807) is 0 Å². The molecule has 1 aromatic carbocycles. The fourth-order valence-corrected chi connectivity index (χ4v) is 2.81. The first kappa shape index (κ1) is 15.3. The highest BCUT2D eigenvalue weighted by Crippen LogP contribution is 2.18. The van der Waals surface area contributed by atoms with E-state index in [4.69, 9.17) is 4.74 Å². The van der Waals surface area contributed by atoms with E-state index in [2.05, 4.69) is 43.9 Å². The molecule has 112 valence electrons. The van der Waals surface area contributed by atoms with E-state index >= 15 is 0 Å². The molecule has 0 aromatic heterocycles. The van der Waals surface area contributed by atoms with Crippen molar-refractivity contribution in [2.24, 2.45) is 5.92 Å². The number of aliphatic hydroxyl groups is 1. The Kier molecular flexibility index (Phi) is 5.44. The van der Waals surface area contributed by atoms with Crippen LogP contribution in [0, 0.1) is 19.8 Å². The summed E-state index contributed by atoms with van der Waals surface area (Å²) < 4.78 is 5.82. The number of β-amino-alcohol motifs (C(OH)–C–C–N with tert-alkyl or cyclic N) is 1. The second-order valence-electron chi connectivity index (χ2n) is 6.16. The lowest BCUT2D eigenvalue weighted by Gasteiger charge is -2.34. The van der Waals surface area contributed by atoms with Crippen LogP contribution in [-0.2, 0) is 0 Å². The third kappa shape index (κ3) is 4.50. The number of rotatable bonds is 5. The lowest BCUT2D eigenvalue weighted by molar-refractivity contribution is 0.0275. The molecule has 1 N–H and O–H groups in total. The molecule has 0 radical (unpaired) electrons. The predicted octanol–water partition coefficient (Wildman–Crippen LogP) is 2.78. The minimum absolute atomic E-state index is 0.163. The molecule has 1 aliphatic heterocycles. The lowest BCUT2D eigenvalue weighted by Crippen LogP contribution is -2.43. The highest BCUT2D eigenvalue weighted by molar-refractivity contribution is 5.32. The minimum atomic E-state index is -0.163. The van der Waals surface area contributed by atoms with E-state index in [0.717, 1.165) is 44.8 Å². The van der Waals surface area contributed by atoms with Crippen LogP contribution in [0.3, 0.4) is 0 Å². The molecular formula is C17H27NO2. The lowest BCUT2D eigenvalue weighted by atomic mass is 9.96. The zero-order valence-corrected chi connectivity index (χ0v) is 12.9. The van der Waals surface area contributed by atoms with Gasteiger partial charge in [-0.15, -0.1) is 0 Å². The van der Waals surface area contributed by atoms with Crippen molar-refractivity contribution in [3.05, 3.63) is 29.3 Å². The van der Waals surface area contributed by atoms with Crippen LogP contribution in [0.4, 0.5) is 0 Å². The van der Waals surface area contributed by atoms with E-state index in [0.29, 0.717) is 5.92 Å². The maximum atomic E-state index is 9.87. The van der Waals surface area contributed by atoms with Crippen molar-refractivity contribution in [2.45, 2.75) is 39.7 Å². The fraction of sp³-hybridized carbons (Fsp3) is 0.647. The van der Waals surface area contributed by atoms with Crippen molar-refractivity contribution in [1.29, 1.82) is 0 Å². The molecule has 2 atom stereocenters. The maximum Gasteiger partial charge on any atom is 0.119 e.